The first-order valence-corrected chi connectivity index (χ1v) is 42.8. The lowest BCUT2D eigenvalue weighted by Crippen LogP contribution is -2.30. The second-order valence-corrected chi connectivity index (χ2v) is 32.1. The van der Waals surface area contributed by atoms with Gasteiger partial charge in [-0.05, 0) is 49.4 Å². The third-order valence-electron chi connectivity index (χ3n) is 18.5. The Bertz CT molecular complexity index is 1890. The first-order valence-electron chi connectivity index (χ1n) is 39.8. The Balaban J connectivity index is 5.21. The Kier molecular flexibility index (Phi) is 65.0. The number of phosphoric acid groups is 2. The molecule has 3 N–H and O–H groups in total. The van der Waals surface area contributed by atoms with Crippen molar-refractivity contribution in [2.45, 2.75) is 408 Å². The maximum atomic E-state index is 13.1. The van der Waals surface area contributed by atoms with Crippen LogP contribution in [0.3, 0.4) is 0 Å². The van der Waals surface area contributed by atoms with Gasteiger partial charge in [0.05, 0.1) is 26.4 Å². The van der Waals surface area contributed by atoms with Gasteiger partial charge < -0.3 is 33.8 Å². The number of carbonyl (C=O) groups excluding carboxylic acids is 4. The molecule has 0 spiro atoms. The summed E-state index contributed by atoms with van der Waals surface area (Å²) >= 11 is 0. The third kappa shape index (κ3) is 67.9. The van der Waals surface area contributed by atoms with E-state index in [9.17, 15) is 43.2 Å². The van der Waals surface area contributed by atoms with Gasteiger partial charge in [0, 0.05) is 25.7 Å². The van der Waals surface area contributed by atoms with E-state index in [0.717, 1.165) is 114 Å². The molecule has 4 unspecified atom stereocenters. The van der Waals surface area contributed by atoms with E-state index in [-0.39, 0.29) is 25.7 Å². The minimum Gasteiger partial charge on any atom is -0.462 e. The molecule has 0 aliphatic rings. The summed E-state index contributed by atoms with van der Waals surface area (Å²) in [7, 11) is -9.91. The molecular weight excluding hydrogens is 1260 g/mol. The van der Waals surface area contributed by atoms with E-state index in [4.69, 9.17) is 37.0 Å². The second-order valence-electron chi connectivity index (χ2n) is 29.2. The number of rotatable bonds is 74. The van der Waals surface area contributed by atoms with Crippen molar-refractivity contribution in [1.82, 2.24) is 0 Å². The van der Waals surface area contributed by atoms with E-state index < -0.39 is 97.5 Å². The summed E-state index contributed by atoms with van der Waals surface area (Å²) in [5, 5.41) is 10.6. The van der Waals surface area contributed by atoms with Gasteiger partial charge in [0.2, 0.25) is 0 Å². The zero-order valence-electron chi connectivity index (χ0n) is 63.0. The first-order chi connectivity index (χ1) is 46.2. The van der Waals surface area contributed by atoms with E-state index in [1.807, 2.05) is 0 Å². The number of hydrogen-bond acceptors (Lipinski definition) is 15. The number of ether oxygens (including phenoxy) is 4. The van der Waals surface area contributed by atoms with E-state index in [2.05, 4.69) is 55.4 Å². The standard InChI is InChI=1S/C77H150O17P2/c1-9-69(7)55-47-39-30-26-22-18-15-16-20-24-28-32-43-51-59-76(81)93-72(63-87-74(79)57-49-41-31-27-23-19-14-12-11-13-17-21-25-29-37-45-53-67(3)4)65-91-95(83,84)89-61-71(78)62-90-96(85,86)92-66-73(94-77(82)60-52-44-35-33-38-46-54-68(5)6)64-88-75(80)58-50-42-36-34-40-48-56-70(8)10-2/h67-73,78H,9-66H2,1-8H3,(H,83,84)(H,85,86)/t69?,70?,71-,72-,73-/m1/s1. The highest BCUT2D eigenvalue weighted by molar-refractivity contribution is 7.47. The number of esters is 4. The lowest BCUT2D eigenvalue weighted by atomic mass is 9.99. The lowest BCUT2D eigenvalue weighted by Gasteiger charge is -2.21. The fraction of sp³-hybridized carbons (Fsp3) is 0.948. The summed E-state index contributed by atoms with van der Waals surface area (Å²) < 4.78 is 68.5. The zero-order valence-corrected chi connectivity index (χ0v) is 64.8. The summed E-state index contributed by atoms with van der Waals surface area (Å²) in [6, 6.07) is 0. The molecule has 0 saturated heterocycles. The van der Waals surface area contributed by atoms with E-state index in [1.165, 1.54) is 186 Å². The maximum Gasteiger partial charge on any atom is 0.472 e. The molecule has 0 aliphatic carbocycles. The Morgan fingerprint density at radius 1 is 0.292 bits per heavy atom. The molecule has 17 nitrogen and oxygen atoms in total. The number of aliphatic hydroxyl groups excluding tert-OH is 1. The van der Waals surface area contributed by atoms with Crippen molar-refractivity contribution in [2.24, 2.45) is 23.7 Å². The van der Waals surface area contributed by atoms with Crippen molar-refractivity contribution in [3.8, 4) is 0 Å². The molecule has 0 heterocycles. The Morgan fingerprint density at radius 3 is 0.740 bits per heavy atom. The first kappa shape index (κ1) is 94.1. The average molecular weight is 1410 g/mol. The molecule has 0 aromatic heterocycles. The van der Waals surface area contributed by atoms with Crippen LogP contribution >= 0.6 is 15.6 Å². The van der Waals surface area contributed by atoms with Crippen molar-refractivity contribution in [3.05, 3.63) is 0 Å². The lowest BCUT2D eigenvalue weighted by molar-refractivity contribution is -0.161. The molecule has 570 valence electrons. The van der Waals surface area contributed by atoms with Crippen molar-refractivity contribution >= 4 is 39.5 Å². The summed E-state index contributed by atoms with van der Waals surface area (Å²) in [5.41, 5.74) is 0. The molecule has 96 heavy (non-hydrogen) atoms. The molecule has 0 bridgehead atoms. The van der Waals surface area contributed by atoms with Crippen LogP contribution in [-0.4, -0.2) is 96.7 Å². The highest BCUT2D eigenvalue weighted by Crippen LogP contribution is 2.45. The van der Waals surface area contributed by atoms with Crippen LogP contribution < -0.4 is 0 Å². The van der Waals surface area contributed by atoms with Crippen molar-refractivity contribution in [1.29, 1.82) is 0 Å². The number of carbonyl (C=O) groups is 4. The molecule has 7 atom stereocenters. The maximum absolute atomic E-state index is 13.1. The molecule has 0 aromatic rings. The van der Waals surface area contributed by atoms with Gasteiger partial charge in [-0.2, -0.15) is 0 Å². The average Bonchev–Trinajstić information content (AvgIpc) is 1.20. The predicted molar refractivity (Wildman–Crippen MR) is 391 cm³/mol. The Hall–Kier alpha value is -1.94. The summed E-state index contributed by atoms with van der Waals surface area (Å²) in [5.74, 6) is 0.933. The van der Waals surface area contributed by atoms with Crippen LogP contribution in [0.1, 0.15) is 389 Å². The smallest absolute Gasteiger partial charge is 0.462 e. The zero-order chi connectivity index (χ0) is 71.0. The van der Waals surface area contributed by atoms with Crippen LogP contribution in [0.2, 0.25) is 0 Å². The van der Waals surface area contributed by atoms with E-state index in [0.29, 0.717) is 31.6 Å². The van der Waals surface area contributed by atoms with Crippen LogP contribution in [0.15, 0.2) is 0 Å². The van der Waals surface area contributed by atoms with E-state index >= 15 is 0 Å². The molecule has 0 saturated carbocycles. The van der Waals surface area contributed by atoms with Crippen LogP contribution in [0.4, 0.5) is 0 Å². The van der Waals surface area contributed by atoms with Gasteiger partial charge in [-0.3, -0.25) is 37.3 Å². The molecule has 0 aliphatic heterocycles. The minimum absolute atomic E-state index is 0.101. The van der Waals surface area contributed by atoms with Crippen LogP contribution in [0.5, 0.6) is 0 Å². The molecule has 19 heteroatoms. The predicted octanol–water partition coefficient (Wildman–Crippen LogP) is 22.4. The second kappa shape index (κ2) is 66.3. The monoisotopic (exact) mass is 1410 g/mol. The van der Waals surface area contributed by atoms with Gasteiger partial charge in [-0.25, -0.2) is 9.13 Å². The SMILES string of the molecule is CCC(C)CCCCCCCCCCCCCCCCC(=O)O[C@H](COC(=O)CCCCCCCCCCCCCCCCCCC(C)C)COP(=O)(O)OC[C@@H](O)COP(=O)(O)OC[C@@H](COC(=O)CCCCCCCCC(C)CC)OC(=O)CCCCCCCCC(C)C. The topological polar surface area (TPSA) is 237 Å². The third-order valence-corrected chi connectivity index (χ3v) is 20.4. The molecule has 0 rings (SSSR count). The number of unbranched alkanes of at least 4 members (excludes halogenated alkanes) is 38. The quantitative estimate of drug-likeness (QED) is 0.0222. The summed E-state index contributed by atoms with van der Waals surface area (Å²) in [4.78, 5) is 72.8. The van der Waals surface area contributed by atoms with E-state index in [1.54, 1.807) is 0 Å². The highest BCUT2D eigenvalue weighted by Gasteiger charge is 2.30. The van der Waals surface area contributed by atoms with Crippen LogP contribution in [0.25, 0.3) is 0 Å². The largest absolute Gasteiger partial charge is 0.472 e. The highest BCUT2D eigenvalue weighted by atomic mass is 31.2. The molecule has 0 amide bonds. The van der Waals surface area contributed by atoms with Crippen LogP contribution in [0, 0.1) is 23.7 Å². The molecule has 0 aromatic carbocycles. The van der Waals surface area contributed by atoms with Gasteiger partial charge in [0.15, 0.2) is 12.2 Å². The summed E-state index contributed by atoms with van der Waals surface area (Å²) in [6.07, 6.45) is 51.6. The van der Waals surface area contributed by atoms with Gasteiger partial charge in [-0.15, -0.1) is 0 Å². The number of phosphoric ester groups is 2. The molecular formula is C77H150O17P2. The molecule has 0 fully saturated rings. The van der Waals surface area contributed by atoms with Crippen molar-refractivity contribution in [3.63, 3.8) is 0 Å². The Morgan fingerprint density at radius 2 is 0.500 bits per heavy atom. The minimum atomic E-state index is -4.96. The number of hydrogen-bond donors (Lipinski definition) is 3. The van der Waals surface area contributed by atoms with Gasteiger partial charge in [0.1, 0.15) is 19.3 Å². The summed E-state index contributed by atoms with van der Waals surface area (Å²) in [6.45, 7) is 14.2. The molecule has 0 radical (unpaired) electrons. The van der Waals surface area contributed by atoms with Crippen molar-refractivity contribution in [2.75, 3.05) is 39.6 Å². The van der Waals surface area contributed by atoms with Gasteiger partial charge >= 0.3 is 39.5 Å². The fourth-order valence-corrected chi connectivity index (χ4v) is 13.2. The fourth-order valence-electron chi connectivity index (χ4n) is 11.7. The normalized spacial score (nSPS) is 14.7. The van der Waals surface area contributed by atoms with Crippen molar-refractivity contribution < 1.29 is 80.2 Å². The van der Waals surface area contributed by atoms with Crippen LogP contribution in [-0.2, 0) is 65.4 Å². The van der Waals surface area contributed by atoms with Gasteiger partial charge in [0.25, 0.3) is 0 Å². The van der Waals surface area contributed by atoms with Gasteiger partial charge in [-0.1, -0.05) is 338 Å². The number of aliphatic hydroxyl groups is 1. The Labute approximate surface area is 588 Å².